The number of carbonyl (C=O) groups excluding carboxylic acids is 1. The van der Waals surface area contributed by atoms with E-state index in [9.17, 15) is 4.79 Å². The molecular formula is C14H22O3Si. The molecule has 1 rings (SSSR count). The van der Waals surface area contributed by atoms with E-state index >= 15 is 0 Å². The van der Waals surface area contributed by atoms with E-state index in [1.165, 1.54) is 0 Å². The van der Waals surface area contributed by atoms with Gasteiger partial charge in [-0.2, -0.15) is 0 Å². The molecule has 0 fully saturated rings. The minimum atomic E-state index is -1.05. The SMILES string of the molecule is Cc1cccc(OCOCC[Si](C)(C)C)c1C=O. The molecule has 100 valence electrons. The van der Waals surface area contributed by atoms with Gasteiger partial charge >= 0.3 is 0 Å². The second-order valence-corrected chi connectivity index (χ2v) is 11.2. The van der Waals surface area contributed by atoms with E-state index in [1.807, 2.05) is 19.1 Å². The van der Waals surface area contributed by atoms with Crippen molar-refractivity contribution < 1.29 is 14.3 Å². The molecule has 3 nitrogen and oxygen atoms in total. The minimum Gasteiger partial charge on any atom is -0.467 e. The van der Waals surface area contributed by atoms with Crippen LogP contribution >= 0.6 is 0 Å². The van der Waals surface area contributed by atoms with Crippen LogP contribution in [0, 0.1) is 6.92 Å². The van der Waals surface area contributed by atoms with Gasteiger partial charge in [0.05, 0.1) is 5.56 Å². The molecular weight excluding hydrogens is 244 g/mol. The highest BCUT2D eigenvalue weighted by molar-refractivity contribution is 6.76. The summed E-state index contributed by atoms with van der Waals surface area (Å²) >= 11 is 0. The lowest BCUT2D eigenvalue weighted by molar-refractivity contribution is 0.0217. The summed E-state index contributed by atoms with van der Waals surface area (Å²) in [6.07, 6.45) is 0.826. The number of benzene rings is 1. The van der Waals surface area contributed by atoms with Gasteiger partial charge < -0.3 is 9.47 Å². The van der Waals surface area contributed by atoms with Crippen molar-refractivity contribution in [3.63, 3.8) is 0 Å². The summed E-state index contributed by atoms with van der Waals surface area (Å²) in [5, 5.41) is 0. The fourth-order valence-electron chi connectivity index (χ4n) is 1.47. The van der Waals surface area contributed by atoms with Gasteiger partial charge in [0.25, 0.3) is 0 Å². The molecule has 18 heavy (non-hydrogen) atoms. The number of rotatable bonds is 7. The maximum atomic E-state index is 11.0. The Kier molecular flexibility index (Phi) is 5.56. The Labute approximate surface area is 110 Å². The van der Waals surface area contributed by atoms with E-state index in [4.69, 9.17) is 9.47 Å². The predicted molar refractivity (Wildman–Crippen MR) is 76.2 cm³/mol. The molecule has 0 bridgehead atoms. The lowest BCUT2D eigenvalue weighted by Crippen LogP contribution is -2.22. The first-order chi connectivity index (χ1) is 8.44. The van der Waals surface area contributed by atoms with Crippen molar-refractivity contribution in [3.8, 4) is 5.75 Å². The average molecular weight is 266 g/mol. The Balaban J connectivity index is 2.40. The van der Waals surface area contributed by atoms with Crippen LogP contribution < -0.4 is 4.74 Å². The second-order valence-electron chi connectivity index (χ2n) is 5.59. The Morgan fingerprint density at radius 1 is 1.28 bits per heavy atom. The van der Waals surface area contributed by atoms with Crippen LogP contribution in [0.2, 0.25) is 25.7 Å². The van der Waals surface area contributed by atoms with Gasteiger partial charge in [-0.3, -0.25) is 4.79 Å². The van der Waals surface area contributed by atoms with Gasteiger partial charge in [-0.25, -0.2) is 0 Å². The molecule has 0 aliphatic rings. The molecule has 1 aromatic carbocycles. The molecule has 4 heteroatoms. The van der Waals surface area contributed by atoms with Gasteiger partial charge in [-0.15, -0.1) is 0 Å². The van der Waals surface area contributed by atoms with Crippen LogP contribution in [0.15, 0.2) is 18.2 Å². The molecule has 0 heterocycles. The zero-order chi connectivity index (χ0) is 13.6. The molecule has 0 spiro atoms. The van der Waals surface area contributed by atoms with Crippen LogP contribution in [-0.2, 0) is 4.74 Å². The molecule has 0 N–H and O–H groups in total. The van der Waals surface area contributed by atoms with E-state index in [0.717, 1.165) is 24.5 Å². The standard InChI is InChI=1S/C14H22O3Si/c1-12-6-5-7-14(13(12)10-15)17-11-16-8-9-18(2,3)4/h5-7,10H,8-9,11H2,1-4H3. The Hall–Kier alpha value is -1.13. The smallest absolute Gasteiger partial charge is 0.189 e. The largest absolute Gasteiger partial charge is 0.467 e. The van der Waals surface area contributed by atoms with Crippen molar-refractivity contribution in [2.75, 3.05) is 13.4 Å². The normalized spacial score (nSPS) is 11.3. The zero-order valence-electron chi connectivity index (χ0n) is 11.7. The van der Waals surface area contributed by atoms with Crippen LogP contribution in [0.25, 0.3) is 0 Å². The molecule has 0 atom stereocenters. The number of hydrogen-bond donors (Lipinski definition) is 0. The van der Waals surface area contributed by atoms with Gasteiger partial charge in [-0.05, 0) is 24.6 Å². The van der Waals surface area contributed by atoms with Crippen LogP contribution in [0.3, 0.4) is 0 Å². The highest BCUT2D eigenvalue weighted by Gasteiger charge is 2.12. The summed E-state index contributed by atoms with van der Waals surface area (Å²) in [6, 6.07) is 6.67. The van der Waals surface area contributed by atoms with Crippen LogP contribution in [0.4, 0.5) is 0 Å². The quantitative estimate of drug-likeness (QED) is 0.328. The van der Waals surface area contributed by atoms with E-state index < -0.39 is 8.07 Å². The summed E-state index contributed by atoms with van der Waals surface area (Å²) in [5.74, 6) is 0.595. The topological polar surface area (TPSA) is 35.5 Å². The molecule has 0 radical (unpaired) electrons. The number of aryl methyl sites for hydroxylation is 1. The Bertz CT molecular complexity index is 397. The molecule has 0 saturated carbocycles. The summed E-state index contributed by atoms with van der Waals surface area (Å²) in [6.45, 7) is 9.74. The molecule has 0 aromatic heterocycles. The number of hydrogen-bond acceptors (Lipinski definition) is 3. The minimum absolute atomic E-state index is 0.203. The number of carbonyl (C=O) groups is 1. The molecule has 0 aliphatic heterocycles. The first-order valence-electron chi connectivity index (χ1n) is 6.19. The Morgan fingerprint density at radius 3 is 2.61 bits per heavy atom. The van der Waals surface area contributed by atoms with E-state index in [-0.39, 0.29) is 6.79 Å². The fourth-order valence-corrected chi connectivity index (χ4v) is 2.23. The second kappa shape index (κ2) is 6.71. The highest BCUT2D eigenvalue weighted by atomic mass is 28.3. The molecule has 1 aromatic rings. The first kappa shape index (κ1) is 14.9. The molecule has 0 amide bonds. The zero-order valence-corrected chi connectivity index (χ0v) is 12.7. The number of aldehydes is 1. The third kappa shape index (κ3) is 5.02. The summed E-state index contributed by atoms with van der Waals surface area (Å²) in [4.78, 5) is 11.0. The van der Waals surface area contributed by atoms with Crippen molar-refractivity contribution in [3.05, 3.63) is 29.3 Å². The van der Waals surface area contributed by atoms with Gasteiger partial charge in [0.2, 0.25) is 0 Å². The first-order valence-corrected chi connectivity index (χ1v) is 9.90. The maximum absolute atomic E-state index is 11.0. The van der Waals surface area contributed by atoms with Crippen LogP contribution in [0.5, 0.6) is 5.75 Å². The molecule has 0 aliphatic carbocycles. The predicted octanol–water partition coefficient (Wildman–Crippen LogP) is 3.50. The summed E-state index contributed by atoms with van der Waals surface area (Å²) in [7, 11) is -1.05. The van der Waals surface area contributed by atoms with Gasteiger partial charge in [0.1, 0.15) is 5.75 Å². The van der Waals surface area contributed by atoms with Crippen LogP contribution in [0.1, 0.15) is 15.9 Å². The van der Waals surface area contributed by atoms with Crippen LogP contribution in [-0.4, -0.2) is 27.8 Å². The lowest BCUT2D eigenvalue weighted by Gasteiger charge is -2.16. The Morgan fingerprint density at radius 2 is 2.00 bits per heavy atom. The van der Waals surface area contributed by atoms with Crippen molar-refractivity contribution in [1.82, 2.24) is 0 Å². The molecule has 0 unspecified atom stereocenters. The average Bonchev–Trinajstić information content (AvgIpc) is 2.27. The van der Waals surface area contributed by atoms with Crippen molar-refractivity contribution >= 4 is 14.4 Å². The van der Waals surface area contributed by atoms with Crippen molar-refractivity contribution in [2.45, 2.75) is 32.6 Å². The summed E-state index contributed by atoms with van der Waals surface area (Å²) < 4.78 is 10.9. The third-order valence-electron chi connectivity index (χ3n) is 2.70. The van der Waals surface area contributed by atoms with Gasteiger partial charge in [0, 0.05) is 14.7 Å². The maximum Gasteiger partial charge on any atom is 0.189 e. The van der Waals surface area contributed by atoms with E-state index in [0.29, 0.717) is 11.3 Å². The highest BCUT2D eigenvalue weighted by Crippen LogP contribution is 2.19. The monoisotopic (exact) mass is 266 g/mol. The van der Waals surface area contributed by atoms with Gasteiger partial charge in [0.15, 0.2) is 13.1 Å². The van der Waals surface area contributed by atoms with E-state index in [1.54, 1.807) is 6.07 Å². The fraction of sp³-hybridized carbons (Fsp3) is 0.500. The molecule has 0 saturated heterocycles. The van der Waals surface area contributed by atoms with Gasteiger partial charge in [-0.1, -0.05) is 31.8 Å². The van der Waals surface area contributed by atoms with Crippen molar-refractivity contribution in [1.29, 1.82) is 0 Å². The third-order valence-corrected chi connectivity index (χ3v) is 4.40. The summed E-state index contributed by atoms with van der Waals surface area (Å²) in [5.41, 5.74) is 1.52. The van der Waals surface area contributed by atoms with Crippen molar-refractivity contribution in [2.24, 2.45) is 0 Å². The number of ether oxygens (including phenoxy) is 2. The lowest BCUT2D eigenvalue weighted by atomic mass is 10.1. The van der Waals surface area contributed by atoms with E-state index in [2.05, 4.69) is 19.6 Å².